The van der Waals surface area contributed by atoms with Crippen LogP contribution in [0.4, 0.5) is 45.2 Å². The molecule has 0 unspecified atom stereocenters. The van der Waals surface area contributed by atoms with Gasteiger partial charge in [-0.3, -0.25) is 14.6 Å². The number of benzene rings is 2. The van der Waals surface area contributed by atoms with Crippen molar-refractivity contribution in [1.29, 1.82) is 0 Å². The largest absolute Gasteiger partial charge is 0.494 e. The van der Waals surface area contributed by atoms with Crippen molar-refractivity contribution in [3.05, 3.63) is 82.1 Å². The molecule has 2 aromatic carbocycles. The standard InChI is InChI=1S/C25H16ClF9N2O4/c1-40-20-14(3-2-4-17(20)37-21(39)12-5-7-36-8-6-12)18(38)11-15-16(26)9-13(10-19(15)41-22(27)28)23(29,24(30,31)32)25(33,34)35/h2-10,22H,11H2,1H3,(H,37,39). The molecule has 0 aliphatic heterocycles. The average Bonchev–Trinajstić information content (AvgIpc) is 2.88. The zero-order valence-corrected chi connectivity index (χ0v) is 21.1. The lowest BCUT2D eigenvalue weighted by Crippen LogP contribution is -2.50. The summed E-state index contributed by atoms with van der Waals surface area (Å²) in [6.07, 6.45) is -11.5. The molecule has 1 heterocycles. The van der Waals surface area contributed by atoms with Gasteiger partial charge in [0.2, 0.25) is 0 Å². The van der Waals surface area contributed by atoms with Crippen LogP contribution in [0.5, 0.6) is 11.5 Å². The normalized spacial score (nSPS) is 12.3. The molecule has 0 bridgehead atoms. The lowest BCUT2D eigenvalue weighted by molar-refractivity contribution is -0.348. The fourth-order valence-corrected chi connectivity index (χ4v) is 3.98. The van der Waals surface area contributed by atoms with Crippen LogP contribution in [-0.2, 0) is 12.1 Å². The Morgan fingerprint density at radius 1 is 0.976 bits per heavy atom. The monoisotopic (exact) mass is 614 g/mol. The van der Waals surface area contributed by atoms with Gasteiger partial charge in [-0.05, 0) is 36.4 Å². The number of rotatable bonds is 9. The van der Waals surface area contributed by atoms with Crippen molar-refractivity contribution in [3.63, 3.8) is 0 Å². The number of Topliss-reactive ketones (excluding diaryl/α,β-unsaturated/α-hetero) is 1. The molecule has 0 aliphatic carbocycles. The third-order valence-electron chi connectivity index (χ3n) is 5.60. The van der Waals surface area contributed by atoms with E-state index >= 15 is 0 Å². The molecule has 0 atom stereocenters. The molecule has 3 rings (SSSR count). The Morgan fingerprint density at radius 2 is 1.59 bits per heavy atom. The molecule has 1 aromatic heterocycles. The molecule has 1 N–H and O–H groups in total. The van der Waals surface area contributed by atoms with E-state index in [4.69, 9.17) is 16.3 Å². The van der Waals surface area contributed by atoms with Crippen molar-refractivity contribution in [2.45, 2.75) is 31.1 Å². The van der Waals surface area contributed by atoms with Crippen molar-refractivity contribution in [1.82, 2.24) is 4.98 Å². The van der Waals surface area contributed by atoms with E-state index in [0.29, 0.717) is 0 Å². The molecule has 3 aromatic rings. The summed E-state index contributed by atoms with van der Waals surface area (Å²) in [6, 6.07) is 6.27. The number of anilines is 1. The number of hydrogen-bond donors (Lipinski definition) is 1. The zero-order chi connectivity index (χ0) is 30.8. The molecule has 0 fully saturated rings. The first-order valence-electron chi connectivity index (χ1n) is 11.0. The Labute approximate surface area is 230 Å². The van der Waals surface area contributed by atoms with E-state index < -0.39 is 64.6 Å². The predicted molar refractivity (Wildman–Crippen MR) is 126 cm³/mol. The van der Waals surface area contributed by atoms with Crippen LogP contribution in [-0.4, -0.2) is 42.7 Å². The van der Waals surface area contributed by atoms with Gasteiger partial charge in [0.15, 0.2) is 11.5 Å². The fraction of sp³-hybridized carbons (Fsp3) is 0.240. The number of carbonyl (C=O) groups excluding carboxylic acids is 2. The van der Waals surface area contributed by atoms with E-state index in [1.54, 1.807) is 0 Å². The van der Waals surface area contributed by atoms with Crippen LogP contribution in [0, 0.1) is 0 Å². The second-order valence-electron chi connectivity index (χ2n) is 8.14. The average molecular weight is 615 g/mol. The fourth-order valence-electron chi connectivity index (χ4n) is 3.70. The summed E-state index contributed by atoms with van der Waals surface area (Å²) in [5.41, 5.74) is -9.08. The Kier molecular flexibility index (Phi) is 9.11. The number of carbonyl (C=O) groups is 2. The molecule has 0 aliphatic rings. The number of aromatic nitrogens is 1. The minimum Gasteiger partial charge on any atom is -0.494 e. The zero-order valence-electron chi connectivity index (χ0n) is 20.3. The minimum absolute atomic E-state index is 0.0248. The SMILES string of the molecule is COc1c(NC(=O)c2ccncc2)cccc1C(=O)Cc1c(Cl)cc(C(F)(C(F)(F)F)C(F)(F)F)cc1OC(F)F. The maximum atomic E-state index is 14.6. The number of alkyl halides is 9. The third-order valence-corrected chi connectivity index (χ3v) is 5.93. The van der Waals surface area contributed by atoms with Crippen molar-refractivity contribution in [3.8, 4) is 11.5 Å². The molecular weight excluding hydrogens is 599 g/mol. The molecule has 0 saturated heterocycles. The molecular formula is C25H16ClF9N2O4. The first kappa shape index (κ1) is 31.5. The Bertz CT molecular complexity index is 1420. The topological polar surface area (TPSA) is 77.5 Å². The van der Waals surface area contributed by atoms with E-state index in [1.807, 2.05) is 0 Å². The highest BCUT2D eigenvalue weighted by molar-refractivity contribution is 6.32. The Balaban J connectivity index is 2.05. The van der Waals surface area contributed by atoms with E-state index in [-0.39, 0.29) is 34.7 Å². The van der Waals surface area contributed by atoms with E-state index in [9.17, 15) is 49.1 Å². The molecule has 16 heteroatoms. The summed E-state index contributed by atoms with van der Waals surface area (Å²) >= 11 is 5.83. The number of nitrogens with zero attached hydrogens (tertiary/aromatic N) is 1. The second-order valence-corrected chi connectivity index (χ2v) is 8.55. The molecule has 0 saturated carbocycles. The number of ketones is 1. The van der Waals surface area contributed by atoms with Crippen LogP contribution in [0.1, 0.15) is 31.8 Å². The highest BCUT2D eigenvalue weighted by atomic mass is 35.5. The van der Waals surface area contributed by atoms with Crippen LogP contribution in [0.2, 0.25) is 5.02 Å². The van der Waals surface area contributed by atoms with Crippen LogP contribution in [0.15, 0.2) is 54.9 Å². The van der Waals surface area contributed by atoms with Crippen molar-refractivity contribution >= 4 is 29.0 Å². The number of pyridine rings is 1. The van der Waals surface area contributed by atoms with Gasteiger partial charge in [-0.1, -0.05) is 17.7 Å². The van der Waals surface area contributed by atoms with Crippen molar-refractivity contribution < 1.29 is 58.6 Å². The van der Waals surface area contributed by atoms with E-state index in [1.165, 1.54) is 42.7 Å². The van der Waals surface area contributed by atoms with Crippen molar-refractivity contribution in [2.24, 2.45) is 0 Å². The first-order valence-corrected chi connectivity index (χ1v) is 11.4. The number of para-hydroxylation sites is 1. The van der Waals surface area contributed by atoms with Gasteiger partial charge in [0, 0.05) is 40.5 Å². The third kappa shape index (κ3) is 6.50. The van der Waals surface area contributed by atoms with Crippen LogP contribution in [0.25, 0.3) is 0 Å². The smallest absolute Gasteiger partial charge is 0.435 e. The van der Waals surface area contributed by atoms with Crippen molar-refractivity contribution in [2.75, 3.05) is 12.4 Å². The van der Waals surface area contributed by atoms with Gasteiger partial charge in [0.25, 0.3) is 5.91 Å². The van der Waals surface area contributed by atoms with Gasteiger partial charge in [-0.25, -0.2) is 4.39 Å². The van der Waals surface area contributed by atoms with Crippen LogP contribution in [0.3, 0.4) is 0 Å². The van der Waals surface area contributed by atoms with Gasteiger partial charge in [-0.2, -0.15) is 35.1 Å². The predicted octanol–water partition coefficient (Wildman–Crippen LogP) is 7.31. The number of hydrogen-bond acceptors (Lipinski definition) is 5. The second kappa shape index (κ2) is 11.8. The lowest BCUT2D eigenvalue weighted by atomic mass is 9.91. The Hall–Kier alpha value is -4.01. The summed E-state index contributed by atoms with van der Waals surface area (Å²) < 4.78 is 129. The quantitative estimate of drug-likeness (QED) is 0.202. The maximum absolute atomic E-state index is 14.6. The highest BCUT2D eigenvalue weighted by Gasteiger charge is 2.73. The van der Waals surface area contributed by atoms with Gasteiger partial charge in [0.1, 0.15) is 5.75 Å². The molecule has 0 spiro atoms. The van der Waals surface area contributed by atoms with Crippen LogP contribution >= 0.6 is 11.6 Å². The maximum Gasteiger partial charge on any atom is 0.435 e. The van der Waals surface area contributed by atoms with Gasteiger partial charge in [-0.15, -0.1) is 0 Å². The van der Waals surface area contributed by atoms with E-state index in [0.717, 1.165) is 7.11 Å². The van der Waals surface area contributed by atoms with Crippen LogP contribution < -0.4 is 14.8 Å². The molecule has 41 heavy (non-hydrogen) atoms. The summed E-state index contributed by atoms with van der Waals surface area (Å²) in [5, 5.41) is 1.40. The van der Waals surface area contributed by atoms with E-state index in [2.05, 4.69) is 15.0 Å². The summed E-state index contributed by atoms with van der Waals surface area (Å²) in [7, 11) is 1.12. The van der Waals surface area contributed by atoms with Gasteiger partial charge in [0.05, 0.1) is 18.4 Å². The van der Waals surface area contributed by atoms with Gasteiger partial charge < -0.3 is 14.8 Å². The first-order chi connectivity index (χ1) is 19.0. The Morgan fingerprint density at radius 3 is 2.12 bits per heavy atom. The number of methoxy groups -OCH3 is 1. The summed E-state index contributed by atoms with van der Waals surface area (Å²) in [6.45, 7) is -3.80. The number of halogens is 10. The highest BCUT2D eigenvalue weighted by Crippen LogP contribution is 2.54. The number of amides is 1. The molecule has 0 radical (unpaired) electrons. The number of nitrogens with one attached hydrogen (secondary N) is 1. The summed E-state index contributed by atoms with van der Waals surface area (Å²) in [5.74, 6) is -3.24. The molecule has 220 valence electrons. The lowest BCUT2D eigenvalue weighted by Gasteiger charge is -2.31. The molecule has 6 nitrogen and oxygen atoms in total. The minimum atomic E-state index is -6.57. The summed E-state index contributed by atoms with van der Waals surface area (Å²) in [4.78, 5) is 29.5. The molecule has 1 amide bonds. The number of ether oxygens (including phenoxy) is 2. The van der Waals surface area contributed by atoms with Gasteiger partial charge >= 0.3 is 24.6 Å².